The van der Waals surface area contributed by atoms with Crippen molar-refractivity contribution >= 4 is 23.4 Å². The van der Waals surface area contributed by atoms with Gasteiger partial charge in [0.05, 0.1) is 24.6 Å². The molecule has 1 aliphatic rings. The van der Waals surface area contributed by atoms with Gasteiger partial charge in [-0.05, 0) is 86.4 Å². The van der Waals surface area contributed by atoms with Crippen LogP contribution in [0.5, 0.6) is 0 Å². The number of aryl methyl sites for hydroxylation is 1. The molecule has 0 aromatic heterocycles. The van der Waals surface area contributed by atoms with E-state index in [1.54, 1.807) is 12.1 Å². The maximum absolute atomic E-state index is 13.4. The second-order valence-corrected chi connectivity index (χ2v) is 8.02. The van der Waals surface area contributed by atoms with Crippen molar-refractivity contribution in [2.45, 2.75) is 32.6 Å². The lowest BCUT2D eigenvalue weighted by atomic mass is 9.83. The van der Waals surface area contributed by atoms with Crippen LogP contribution in [-0.2, 0) is 14.3 Å². The van der Waals surface area contributed by atoms with E-state index in [2.05, 4.69) is 0 Å². The Bertz CT molecular complexity index is 878. The molecule has 1 amide bonds. The van der Waals surface area contributed by atoms with Gasteiger partial charge in [-0.1, -0.05) is 12.1 Å². The summed E-state index contributed by atoms with van der Waals surface area (Å²) in [4.78, 5) is 25.0. The number of anilines is 2. The molecule has 0 unspecified atom stereocenters. The van der Waals surface area contributed by atoms with Gasteiger partial charge in [-0.3, -0.25) is 0 Å². The van der Waals surface area contributed by atoms with Crippen LogP contribution < -0.4 is 4.90 Å². The van der Waals surface area contributed by atoms with Crippen molar-refractivity contribution in [2.24, 2.45) is 11.8 Å². The number of rotatable bonds is 8. The summed E-state index contributed by atoms with van der Waals surface area (Å²) >= 11 is 0. The molecule has 0 spiro atoms. The Balaban J connectivity index is 1.57. The number of benzene rings is 2. The van der Waals surface area contributed by atoms with Gasteiger partial charge in [0, 0.05) is 0 Å². The van der Waals surface area contributed by atoms with Crippen LogP contribution in [-0.4, -0.2) is 37.0 Å². The first-order valence-corrected chi connectivity index (χ1v) is 10.5. The molecule has 7 heteroatoms. The average molecular weight is 429 g/mol. The van der Waals surface area contributed by atoms with Gasteiger partial charge in [-0.15, -0.1) is 0 Å². The van der Waals surface area contributed by atoms with Crippen LogP contribution in [0.25, 0.3) is 0 Å². The predicted octanol–water partition coefficient (Wildman–Crippen LogP) is 5.32. The molecule has 6 nitrogen and oxygen atoms in total. The molecule has 1 N–H and O–H groups in total. The summed E-state index contributed by atoms with van der Waals surface area (Å²) in [6.07, 6.45) is 3.14. The van der Waals surface area contributed by atoms with Gasteiger partial charge in [0.1, 0.15) is 12.4 Å². The van der Waals surface area contributed by atoms with E-state index >= 15 is 0 Å². The Kier molecular flexibility index (Phi) is 8.00. The van der Waals surface area contributed by atoms with Crippen molar-refractivity contribution in [3.05, 3.63) is 59.9 Å². The molecule has 0 aliphatic heterocycles. The van der Waals surface area contributed by atoms with Crippen molar-refractivity contribution in [3.8, 4) is 0 Å². The van der Waals surface area contributed by atoms with Crippen molar-refractivity contribution in [3.63, 3.8) is 0 Å². The minimum Gasteiger partial charge on any atom is -0.480 e. The molecule has 1 aliphatic carbocycles. The summed E-state index contributed by atoms with van der Waals surface area (Å²) in [6.45, 7) is 2.43. The number of aliphatic carboxylic acids is 1. The molecule has 1 fully saturated rings. The highest BCUT2D eigenvalue weighted by atomic mass is 19.1. The third kappa shape index (κ3) is 6.79. The molecule has 2 aromatic rings. The number of carboxylic acid groups (broad SMARTS) is 1. The maximum atomic E-state index is 13.4. The fraction of sp³-hybridized carbons (Fsp3) is 0.417. The molecule has 0 saturated heterocycles. The second-order valence-electron chi connectivity index (χ2n) is 8.02. The Labute approximate surface area is 181 Å². The number of hydrogen-bond donors (Lipinski definition) is 1. The molecule has 31 heavy (non-hydrogen) atoms. The van der Waals surface area contributed by atoms with Crippen LogP contribution >= 0.6 is 0 Å². The highest BCUT2D eigenvalue weighted by Crippen LogP contribution is 2.31. The number of amides is 1. The number of nitrogens with zero attached hydrogens (tertiary/aromatic N) is 1. The van der Waals surface area contributed by atoms with E-state index in [-0.39, 0.29) is 18.3 Å². The molecule has 0 atom stereocenters. The van der Waals surface area contributed by atoms with Crippen LogP contribution in [0.4, 0.5) is 20.6 Å². The van der Waals surface area contributed by atoms with Crippen LogP contribution in [0.15, 0.2) is 48.5 Å². The summed E-state index contributed by atoms with van der Waals surface area (Å²) in [5.41, 5.74) is 2.20. The smallest absolute Gasteiger partial charge is 0.418 e. The van der Waals surface area contributed by atoms with E-state index < -0.39 is 12.1 Å². The number of halogens is 1. The van der Waals surface area contributed by atoms with Crippen LogP contribution in [0, 0.1) is 24.6 Å². The van der Waals surface area contributed by atoms with Crippen LogP contribution in [0.2, 0.25) is 0 Å². The van der Waals surface area contributed by atoms with Crippen molar-refractivity contribution < 1.29 is 28.6 Å². The Morgan fingerprint density at radius 3 is 2.26 bits per heavy atom. The number of carbonyl (C=O) groups excluding carboxylic acids is 1. The largest absolute Gasteiger partial charge is 0.480 e. The van der Waals surface area contributed by atoms with Crippen molar-refractivity contribution in [1.82, 2.24) is 0 Å². The van der Waals surface area contributed by atoms with Gasteiger partial charge < -0.3 is 14.6 Å². The molecule has 0 heterocycles. The zero-order valence-corrected chi connectivity index (χ0v) is 17.6. The van der Waals surface area contributed by atoms with Crippen molar-refractivity contribution in [2.75, 3.05) is 24.7 Å². The molecule has 1 saturated carbocycles. The Hall–Kier alpha value is -2.93. The van der Waals surface area contributed by atoms with E-state index in [0.29, 0.717) is 30.5 Å². The molecular weight excluding hydrogens is 401 g/mol. The molecule has 2 aromatic carbocycles. The first-order chi connectivity index (χ1) is 14.9. The topological polar surface area (TPSA) is 76.1 Å². The minimum absolute atomic E-state index is 0.257. The summed E-state index contributed by atoms with van der Waals surface area (Å²) in [6, 6.07) is 13.3. The van der Waals surface area contributed by atoms with Gasteiger partial charge in [0.2, 0.25) is 0 Å². The molecule has 166 valence electrons. The monoisotopic (exact) mass is 429 g/mol. The molecule has 0 bridgehead atoms. The number of hydrogen-bond acceptors (Lipinski definition) is 4. The highest BCUT2D eigenvalue weighted by Gasteiger charge is 2.25. The average Bonchev–Trinajstić information content (AvgIpc) is 2.74. The summed E-state index contributed by atoms with van der Waals surface area (Å²) in [5.74, 6) is -0.730. The normalized spacial score (nSPS) is 18.4. The lowest BCUT2D eigenvalue weighted by Crippen LogP contribution is -2.30. The first kappa shape index (κ1) is 22.7. The summed E-state index contributed by atoms with van der Waals surface area (Å²) in [7, 11) is 0. The predicted molar refractivity (Wildman–Crippen MR) is 115 cm³/mol. The van der Waals surface area contributed by atoms with Crippen LogP contribution in [0.3, 0.4) is 0 Å². The van der Waals surface area contributed by atoms with E-state index in [1.807, 2.05) is 31.2 Å². The number of carboxylic acids is 1. The Morgan fingerprint density at radius 2 is 1.65 bits per heavy atom. The quantitative estimate of drug-likeness (QED) is 0.615. The molecule has 0 radical (unpaired) electrons. The third-order valence-electron chi connectivity index (χ3n) is 5.52. The van der Waals surface area contributed by atoms with Gasteiger partial charge in [-0.25, -0.2) is 18.9 Å². The van der Waals surface area contributed by atoms with Crippen LogP contribution in [0.1, 0.15) is 31.2 Å². The standard InChI is InChI=1S/C24H28FNO5/c1-17-3-2-4-22(13-17)26(21-11-9-20(25)10-12-21)24(29)31-15-19-7-5-18(6-8-19)14-30-16-23(27)28/h2-4,9-13,18-19H,5-8,14-16H2,1H3,(H,27,28). The zero-order chi connectivity index (χ0) is 22.2. The zero-order valence-electron chi connectivity index (χ0n) is 17.6. The van der Waals surface area contributed by atoms with Gasteiger partial charge in [0.15, 0.2) is 0 Å². The maximum Gasteiger partial charge on any atom is 0.418 e. The summed E-state index contributed by atoms with van der Waals surface area (Å²) in [5, 5.41) is 8.65. The highest BCUT2D eigenvalue weighted by molar-refractivity contribution is 5.96. The van der Waals surface area contributed by atoms with E-state index in [9.17, 15) is 14.0 Å². The molecule has 3 rings (SSSR count). The van der Waals surface area contributed by atoms with Gasteiger partial charge in [0.25, 0.3) is 0 Å². The first-order valence-electron chi connectivity index (χ1n) is 10.5. The fourth-order valence-electron chi connectivity index (χ4n) is 3.85. The van der Waals surface area contributed by atoms with E-state index in [1.165, 1.54) is 17.0 Å². The second kappa shape index (κ2) is 10.9. The van der Waals surface area contributed by atoms with Gasteiger partial charge >= 0.3 is 12.1 Å². The fourth-order valence-corrected chi connectivity index (χ4v) is 3.85. The SMILES string of the molecule is Cc1cccc(N(C(=O)OCC2CCC(COCC(=O)O)CC2)c2ccc(F)cc2)c1. The van der Waals surface area contributed by atoms with Gasteiger partial charge in [-0.2, -0.15) is 0 Å². The molecular formula is C24H28FNO5. The Morgan fingerprint density at radius 1 is 1.00 bits per heavy atom. The third-order valence-corrected chi connectivity index (χ3v) is 5.52. The summed E-state index contributed by atoms with van der Waals surface area (Å²) < 4.78 is 24.2. The minimum atomic E-state index is -0.958. The lowest BCUT2D eigenvalue weighted by Gasteiger charge is -2.29. The number of ether oxygens (including phenoxy) is 2. The lowest BCUT2D eigenvalue weighted by molar-refractivity contribution is -0.142. The number of carbonyl (C=O) groups is 2. The van der Waals surface area contributed by atoms with E-state index in [4.69, 9.17) is 14.6 Å². The van der Waals surface area contributed by atoms with Crippen molar-refractivity contribution in [1.29, 1.82) is 0 Å². The van der Waals surface area contributed by atoms with E-state index in [0.717, 1.165) is 31.2 Å².